The number of aryl methyl sites for hydroxylation is 2. The molecule has 1 fully saturated rings. The normalized spacial score (nSPS) is 19.2. The molecule has 3 aromatic heterocycles. The van der Waals surface area contributed by atoms with E-state index in [0.717, 1.165) is 4.88 Å². The summed E-state index contributed by atoms with van der Waals surface area (Å²) in [4.78, 5) is 25.9. The van der Waals surface area contributed by atoms with Crippen LogP contribution in [-0.2, 0) is 31.1 Å². The van der Waals surface area contributed by atoms with Gasteiger partial charge in [-0.05, 0) is 24.8 Å². The first kappa shape index (κ1) is 24.4. The summed E-state index contributed by atoms with van der Waals surface area (Å²) in [5.41, 5.74) is 0.297. The minimum Gasteiger partial charge on any atom is -0.478 e. The van der Waals surface area contributed by atoms with Crippen LogP contribution in [0.25, 0.3) is 0 Å². The monoisotopic (exact) mass is 526 g/mol. The minimum absolute atomic E-state index is 0.0647. The maximum Gasteiger partial charge on any atom is 0.337 e. The molecule has 3 aromatic rings. The van der Waals surface area contributed by atoms with Crippen LogP contribution in [0.15, 0.2) is 12.4 Å². The first-order valence-corrected chi connectivity index (χ1v) is 12.1. The summed E-state index contributed by atoms with van der Waals surface area (Å²) < 4.78 is 55.4. The number of halogens is 4. The van der Waals surface area contributed by atoms with Gasteiger partial charge in [0.2, 0.25) is 11.9 Å². The van der Waals surface area contributed by atoms with Gasteiger partial charge in [-0.1, -0.05) is 0 Å². The molecule has 0 amide bonds. The number of hydrogen-bond acceptors (Lipinski definition) is 7. The molecule has 9 nitrogen and oxygen atoms in total. The summed E-state index contributed by atoms with van der Waals surface area (Å²) in [5.74, 6) is -4.49. The van der Waals surface area contributed by atoms with Gasteiger partial charge in [0, 0.05) is 54.1 Å². The van der Waals surface area contributed by atoms with Crippen LogP contribution in [0.1, 0.15) is 63.1 Å². The Labute approximate surface area is 206 Å². The van der Waals surface area contributed by atoms with Crippen molar-refractivity contribution in [3.63, 3.8) is 0 Å². The van der Waals surface area contributed by atoms with E-state index in [0.29, 0.717) is 41.5 Å². The lowest BCUT2D eigenvalue weighted by atomic mass is 9.77. The lowest BCUT2D eigenvalue weighted by molar-refractivity contribution is -0.147. The van der Waals surface area contributed by atoms with Crippen LogP contribution >= 0.6 is 11.3 Å². The third kappa shape index (κ3) is 4.49. The number of nitrogens with zero attached hydrogens (tertiary/aromatic N) is 5. The van der Waals surface area contributed by atoms with E-state index in [-0.39, 0.29) is 29.5 Å². The number of hydrogen-bond donors (Lipinski definition) is 2. The van der Waals surface area contributed by atoms with Crippen LogP contribution in [0.5, 0.6) is 0 Å². The van der Waals surface area contributed by atoms with E-state index >= 15 is 0 Å². The number of Topliss-reactive ketones (excluding diaryl/α,β-unsaturated/α-hetero) is 1. The number of carbonyl (C=O) groups is 2. The van der Waals surface area contributed by atoms with Gasteiger partial charge < -0.3 is 10.4 Å². The summed E-state index contributed by atoms with van der Waals surface area (Å²) in [6.45, 7) is 0. The van der Waals surface area contributed by atoms with Crippen LogP contribution in [0.3, 0.4) is 0 Å². The molecule has 0 aliphatic heterocycles. The summed E-state index contributed by atoms with van der Waals surface area (Å²) in [6, 6.07) is 0.991. The van der Waals surface area contributed by atoms with E-state index in [4.69, 9.17) is 0 Å². The molecule has 5 rings (SSSR count). The van der Waals surface area contributed by atoms with Crippen LogP contribution in [0.4, 0.5) is 29.3 Å². The molecule has 192 valence electrons. The number of carboxylic acids is 1. The lowest BCUT2D eigenvalue weighted by Crippen LogP contribution is -2.40. The predicted molar refractivity (Wildman–Crippen MR) is 120 cm³/mol. The van der Waals surface area contributed by atoms with Gasteiger partial charge in [-0.2, -0.15) is 5.10 Å². The second-order valence-electron chi connectivity index (χ2n) is 9.17. The van der Waals surface area contributed by atoms with Crippen molar-refractivity contribution < 1.29 is 32.3 Å². The molecule has 2 aliphatic rings. The molecule has 0 aromatic carbocycles. The minimum atomic E-state index is -2.82. The van der Waals surface area contributed by atoms with E-state index in [1.165, 1.54) is 35.5 Å². The van der Waals surface area contributed by atoms with Gasteiger partial charge in [0.15, 0.2) is 0 Å². The maximum atomic E-state index is 13.2. The van der Waals surface area contributed by atoms with E-state index in [1.54, 1.807) is 4.57 Å². The molecule has 36 heavy (non-hydrogen) atoms. The number of nitrogens with one attached hydrogen (secondary N) is 1. The average Bonchev–Trinajstić information content (AvgIpc) is 3.48. The van der Waals surface area contributed by atoms with E-state index < -0.39 is 37.1 Å². The van der Waals surface area contributed by atoms with Gasteiger partial charge in [0.1, 0.15) is 23.6 Å². The highest BCUT2D eigenvalue weighted by Gasteiger charge is 2.48. The summed E-state index contributed by atoms with van der Waals surface area (Å²) in [6.07, 6.45) is -0.858. The second kappa shape index (κ2) is 8.98. The van der Waals surface area contributed by atoms with Crippen molar-refractivity contribution in [3.8, 4) is 0 Å². The number of thiophene rings is 1. The van der Waals surface area contributed by atoms with Gasteiger partial charge in [-0.25, -0.2) is 22.4 Å². The Morgan fingerprint density at radius 2 is 2.08 bits per heavy atom. The van der Waals surface area contributed by atoms with Crippen molar-refractivity contribution in [2.45, 2.75) is 56.9 Å². The molecule has 1 saturated carbocycles. The predicted octanol–water partition coefficient (Wildman–Crippen LogP) is 4.34. The molecule has 0 saturated heterocycles. The SMILES string of the molecule is Cn1nc(C(F)F)cc1Nc1nncn1[C@H]1CCc2sc(CC(=O)C3CC(F)(F)C3)c(C(=O)O)c2C1. The Morgan fingerprint density at radius 1 is 1.33 bits per heavy atom. The number of alkyl halides is 4. The van der Waals surface area contributed by atoms with Crippen LogP contribution in [-0.4, -0.2) is 47.3 Å². The molecule has 0 unspecified atom stereocenters. The Kier molecular flexibility index (Phi) is 6.09. The molecule has 0 bridgehead atoms. The molecule has 14 heteroatoms. The quantitative estimate of drug-likeness (QED) is 0.420. The van der Waals surface area contributed by atoms with Crippen molar-refractivity contribution in [1.82, 2.24) is 24.5 Å². The van der Waals surface area contributed by atoms with Crippen molar-refractivity contribution in [3.05, 3.63) is 39.0 Å². The Balaban J connectivity index is 1.36. The number of rotatable bonds is 8. The smallest absolute Gasteiger partial charge is 0.337 e. The topological polar surface area (TPSA) is 115 Å². The average molecular weight is 527 g/mol. The van der Waals surface area contributed by atoms with E-state index in [2.05, 4.69) is 20.6 Å². The van der Waals surface area contributed by atoms with Gasteiger partial charge in [0.05, 0.1) is 5.56 Å². The fraction of sp³-hybridized carbons (Fsp3) is 0.500. The zero-order chi connectivity index (χ0) is 25.8. The highest BCUT2D eigenvalue weighted by molar-refractivity contribution is 7.12. The first-order valence-electron chi connectivity index (χ1n) is 11.3. The number of aromatic carboxylic acids is 1. The van der Waals surface area contributed by atoms with Crippen LogP contribution in [0.2, 0.25) is 0 Å². The number of aromatic nitrogens is 5. The lowest BCUT2D eigenvalue weighted by Gasteiger charge is -2.33. The fourth-order valence-electron chi connectivity index (χ4n) is 4.85. The van der Waals surface area contributed by atoms with Gasteiger partial charge in [-0.3, -0.25) is 14.0 Å². The van der Waals surface area contributed by atoms with Crippen LogP contribution in [0, 0.1) is 5.92 Å². The number of carbonyl (C=O) groups excluding carboxylic acids is 1. The van der Waals surface area contributed by atoms with Crippen molar-refractivity contribution >= 4 is 34.9 Å². The molecule has 2 N–H and O–H groups in total. The van der Waals surface area contributed by atoms with E-state index in [9.17, 15) is 32.3 Å². The number of fused-ring (bicyclic) bond motifs is 1. The molecular weight excluding hydrogens is 504 g/mol. The molecular formula is C22H22F4N6O3S. The molecule has 2 aliphatic carbocycles. The Morgan fingerprint density at radius 3 is 2.72 bits per heavy atom. The first-order chi connectivity index (χ1) is 17.0. The standard InChI is InChI=1S/C22H22F4N6O3S/c1-31-17(5-13(30-31)19(23)24)28-21-29-27-9-32(21)11-2-3-15-12(4-11)18(20(34)35)16(36-15)6-14(33)10-7-22(25,26)8-10/h5,9-11,19H,2-4,6-8H2,1H3,(H,28,29)(H,34,35)/t11-/m0/s1. The summed E-state index contributed by atoms with van der Waals surface area (Å²) in [5, 5.41) is 24.6. The van der Waals surface area contributed by atoms with E-state index in [1.807, 2.05) is 0 Å². The molecule has 3 heterocycles. The van der Waals surface area contributed by atoms with Crippen molar-refractivity contribution in [2.75, 3.05) is 5.32 Å². The molecule has 0 radical (unpaired) electrons. The highest BCUT2D eigenvalue weighted by atomic mass is 32.1. The number of anilines is 2. The molecule has 1 atom stereocenters. The highest BCUT2D eigenvalue weighted by Crippen LogP contribution is 2.44. The summed E-state index contributed by atoms with van der Waals surface area (Å²) in [7, 11) is 1.51. The van der Waals surface area contributed by atoms with Gasteiger partial charge in [0.25, 0.3) is 6.43 Å². The maximum absolute atomic E-state index is 13.2. The van der Waals surface area contributed by atoms with Crippen LogP contribution < -0.4 is 5.32 Å². The van der Waals surface area contributed by atoms with Gasteiger partial charge in [-0.15, -0.1) is 21.5 Å². The van der Waals surface area contributed by atoms with Gasteiger partial charge >= 0.3 is 5.97 Å². The fourth-order valence-corrected chi connectivity index (χ4v) is 6.20. The third-order valence-electron chi connectivity index (χ3n) is 6.73. The largest absolute Gasteiger partial charge is 0.478 e. The molecule has 0 spiro atoms. The number of carboxylic acid groups (broad SMARTS) is 1. The zero-order valence-electron chi connectivity index (χ0n) is 19.0. The number of ketones is 1. The van der Waals surface area contributed by atoms with Crippen molar-refractivity contribution in [2.24, 2.45) is 13.0 Å². The van der Waals surface area contributed by atoms with Crippen molar-refractivity contribution in [1.29, 1.82) is 0 Å². The zero-order valence-corrected chi connectivity index (χ0v) is 19.9. The Bertz CT molecular complexity index is 1330. The second-order valence-corrected chi connectivity index (χ2v) is 10.4. The Hall–Kier alpha value is -3.29. The summed E-state index contributed by atoms with van der Waals surface area (Å²) >= 11 is 1.26. The third-order valence-corrected chi connectivity index (χ3v) is 8.02.